The van der Waals surface area contributed by atoms with Gasteiger partial charge in [-0.05, 0) is 24.7 Å². The van der Waals surface area contributed by atoms with Gasteiger partial charge >= 0.3 is 5.97 Å². The third-order valence-corrected chi connectivity index (χ3v) is 4.89. The predicted molar refractivity (Wildman–Crippen MR) is 101 cm³/mol. The summed E-state index contributed by atoms with van der Waals surface area (Å²) in [5.74, 6) is -3.34. The lowest BCUT2D eigenvalue weighted by Gasteiger charge is -2.30. The molecule has 0 radical (unpaired) electrons. The van der Waals surface area contributed by atoms with Crippen molar-refractivity contribution in [1.82, 2.24) is 15.5 Å². The topological polar surface area (TPSA) is 162 Å². The molecule has 0 spiro atoms. The fraction of sp³-hybridized carbons (Fsp3) is 0.778. The fourth-order valence-electron chi connectivity index (χ4n) is 3.02. The van der Waals surface area contributed by atoms with Crippen LogP contribution in [0.1, 0.15) is 40.5 Å². The molecule has 0 aromatic carbocycles. The van der Waals surface area contributed by atoms with E-state index in [-0.39, 0.29) is 18.4 Å². The van der Waals surface area contributed by atoms with Crippen LogP contribution in [0.25, 0.3) is 0 Å². The first-order valence-corrected chi connectivity index (χ1v) is 9.51. The monoisotopic (exact) mass is 400 g/mol. The Labute approximate surface area is 164 Å². The zero-order valence-corrected chi connectivity index (χ0v) is 16.8. The number of nitrogens with one attached hydrogen (secondary N) is 2. The van der Waals surface area contributed by atoms with Gasteiger partial charge in [0, 0.05) is 6.54 Å². The highest BCUT2D eigenvalue weighted by atomic mass is 16.4. The number of nitrogens with two attached hydrogens (primary N) is 1. The highest BCUT2D eigenvalue weighted by Crippen LogP contribution is 2.19. The number of aliphatic carboxylic acids is 1. The van der Waals surface area contributed by atoms with Crippen LogP contribution >= 0.6 is 0 Å². The minimum Gasteiger partial charge on any atom is -0.480 e. The minimum atomic E-state index is -1.22. The first-order chi connectivity index (χ1) is 13.0. The Balaban J connectivity index is 2.86. The molecule has 1 saturated heterocycles. The third-order valence-electron chi connectivity index (χ3n) is 4.89. The summed E-state index contributed by atoms with van der Waals surface area (Å²) in [6.45, 7) is 6.50. The number of likely N-dealkylation sites (tertiary alicyclic amines) is 1. The Morgan fingerprint density at radius 1 is 1.11 bits per heavy atom. The molecular formula is C18H32N4O6. The zero-order valence-electron chi connectivity index (χ0n) is 16.8. The van der Waals surface area contributed by atoms with E-state index in [9.17, 15) is 29.4 Å². The summed E-state index contributed by atoms with van der Waals surface area (Å²) in [4.78, 5) is 50.1. The fourth-order valence-corrected chi connectivity index (χ4v) is 3.02. The average Bonchev–Trinajstić information content (AvgIpc) is 3.11. The van der Waals surface area contributed by atoms with Gasteiger partial charge in [-0.3, -0.25) is 14.4 Å². The lowest BCUT2D eigenvalue weighted by atomic mass is 10.0. The summed E-state index contributed by atoms with van der Waals surface area (Å²) in [5.41, 5.74) is 5.77. The molecule has 1 heterocycles. The molecule has 10 heteroatoms. The highest BCUT2D eigenvalue weighted by Gasteiger charge is 2.39. The van der Waals surface area contributed by atoms with Crippen LogP contribution in [0.3, 0.4) is 0 Å². The summed E-state index contributed by atoms with van der Waals surface area (Å²) in [7, 11) is 0. The maximum absolute atomic E-state index is 12.8. The second-order valence-corrected chi connectivity index (χ2v) is 7.77. The number of hydrogen-bond donors (Lipinski definition) is 5. The maximum atomic E-state index is 12.8. The normalized spacial score (nSPS) is 20.0. The number of carbonyl (C=O) groups is 4. The van der Waals surface area contributed by atoms with Crippen molar-refractivity contribution in [2.45, 2.75) is 64.7 Å². The molecule has 0 aromatic heterocycles. The Morgan fingerprint density at radius 2 is 1.71 bits per heavy atom. The molecule has 1 aliphatic rings. The van der Waals surface area contributed by atoms with Gasteiger partial charge in [-0.25, -0.2) is 4.79 Å². The quantitative estimate of drug-likeness (QED) is 0.320. The van der Waals surface area contributed by atoms with Crippen LogP contribution in [-0.2, 0) is 19.2 Å². The van der Waals surface area contributed by atoms with E-state index in [2.05, 4.69) is 10.6 Å². The Kier molecular flexibility index (Phi) is 8.83. The molecule has 0 bridgehead atoms. The molecule has 4 atom stereocenters. The largest absolute Gasteiger partial charge is 0.480 e. The van der Waals surface area contributed by atoms with E-state index in [4.69, 9.17) is 5.73 Å². The molecule has 28 heavy (non-hydrogen) atoms. The molecule has 10 nitrogen and oxygen atoms in total. The maximum Gasteiger partial charge on any atom is 0.326 e. The van der Waals surface area contributed by atoms with Crippen LogP contribution in [0.4, 0.5) is 0 Å². The zero-order chi connectivity index (χ0) is 21.6. The summed E-state index contributed by atoms with van der Waals surface area (Å²) in [6.07, 6.45) is 0.931. The first kappa shape index (κ1) is 23.8. The van der Waals surface area contributed by atoms with E-state index < -0.39 is 54.5 Å². The van der Waals surface area contributed by atoms with Gasteiger partial charge in [0.05, 0.1) is 12.6 Å². The van der Waals surface area contributed by atoms with Crippen LogP contribution in [-0.4, -0.2) is 76.1 Å². The number of amides is 3. The summed E-state index contributed by atoms with van der Waals surface area (Å²) in [5, 5.41) is 23.7. The molecule has 1 fully saturated rings. The molecule has 0 aliphatic carbocycles. The number of aliphatic hydroxyl groups is 1. The lowest BCUT2D eigenvalue weighted by molar-refractivity contribution is -0.146. The van der Waals surface area contributed by atoms with Gasteiger partial charge in [0.15, 0.2) is 0 Å². The van der Waals surface area contributed by atoms with Gasteiger partial charge in [-0.15, -0.1) is 0 Å². The van der Waals surface area contributed by atoms with E-state index in [0.29, 0.717) is 12.8 Å². The van der Waals surface area contributed by atoms with Crippen molar-refractivity contribution in [2.24, 2.45) is 17.6 Å². The molecule has 0 aromatic rings. The van der Waals surface area contributed by atoms with Crippen LogP contribution in [0, 0.1) is 11.8 Å². The smallest absolute Gasteiger partial charge is 0.326 e. The number of rotatable bonds is 9. The summed E-state index contributed by atoms with van der Waals surface area (Å²) >= 11 is 0. The standard InChI is InChI=1S/C18H32N4O6/c1-9(2)13(19)16(25)20-11(8-23)17(26)22-7-5-6-12(22)15(24)21-14(10(3)4)18(27)28/h9-14,23H,5-8,19H2,1-4H3,(H,20,25)(H,21,24)(H,27,28). The summed E-state index contributed by atoms with van der Waals surface area (Å²) in [6, 6.07) is -3.96. The van der Waals surface area contributed by atoms with Crippen molar-refractivity contribution < 1.29 is 29.4 Å². The number of carboxylic acid groups (broad SMARTS) is 1. The summed E-state index contributed by atoms with van der Waals surface area (Å²) < 4.78 is 0. The van der Waals surface area contributed by atoms with E-state index in [1.54, 1.807) is 27.7 Å². The minimum absolute atomic E-state index is 0.149. The Morgan fingerprint density at radius 3 is 2.18 bits per heavy atom. The van der Waals surface area contributed by atoms with Gasteiger partial charge in [-0.1, -0.05) is 27.7 Å². The van der Waals surface area contributed by atoms with Crippen LogP contribution in [0.15, 0.2) is 0 Å². The van der Waals surface area contributed by atoms with Crippen LogP contribution in [0.5, 0.6) is 0 Å². The molecular weight excluding hydrogens is 368 g/mol. The third kappa shape index (κ3) is 5.90. The number of carboxylic acids is 1. The van der Waals surface area contributed by atoms with Crippen molar-refractivity contribution in [1.29, 1.82) is 0 Å². The van der Waals surface area contributed by atoms with Crippen LogP contribution < -0.4 is 16.4 Å². The van der Waals surface area contributed by atoms with Gasteiger partial charge < -0.3 is 31.5 Å². The molecule has 160 valence electrons. The van der Waals surface area contributed by atoms with Gasteiger partial charge in [0.1, 0.15) is 18.1 Å². The van der Waals surface area contributed by atoms with Gasteiger partial charge in [0.2, 0.25) is 17.7 Å². The predicted octanol–water partition coefficient (Wildman–Crippen LogP) is -1.34. The van der Waals surface area contributed by atoms with E-state index in [1.165, 1.54) is 4.90 Å². The van der Waals surface area contributed by atoms with E-state index in [0.717, 1.165) is 0 Å². The van der Waals surface area contributed by atoms with Gasteiger partial charge in [-0.2, -0.15) is 0 Å². The Bertz CT molecular complexity index is 595. The van der Waals surface area contributed by atoms with Crippen molar-refractivity contribution in [3.05, 3.63) is 0 Å². The molecule has 4 unspecified atom stereocenters. The average molecular weight is 400 g/mol. The van der Waals surface area contributed by atoms with E-state index in [1.807, 2.05) is 0 Å². The highest BCUT2D eigenvalue weighted by molar-refractivity contribution is 5.94. The van der Waals surface area contributed by atoms with Crippen LogP contribution in [0.2, 0.25) is 0 Å². The van der Waals surface area contributed by atoms with Crippen molar-refractivity contribution >= 4 is 23.7 Å². The molecule has 3 amide bonds. The number of nitrogens with zero attached hydrogens (tertiary/aromatic N) is 1. The lowest BCUT2D eigenvalue weighted by Crippen LogP contribution is -2.58. The molecule has 6 N–H and O–H groups in total. The second-order valence-electron chi connectivity index (χ2n) is 7.77. The SMILES string of the molecule is CC(C)C(N)C(=O)NC(CO)C(=O)N1CCCC1C(=O)NC(C(=O)O)C(C)C. The number of hydrogen-bond acceptors (Lipinski definition) is 6. The van der Waals surface area contributed by atoms with Crippen molar-refractivity contribution in [2.75, 3.05) is 13.2 Å². The second kappa shape index (κ2) is 10.4. The number of aliphatic hydroxyl groups excluding tert-OH is 1. The van der Waals surface area contributed by atoms with Crippen molar-refractivity contribution in [3.8, 4) is 0 Å². The van der Waals surface area contributed by atoms with E-state index >= 15 is 0 Å². The Hall–Kier alpha value is -2.20. The first-order valence-electron chi connectivity index (χ1n) is 9.51. The van der Waals surface area contributed by atoms with Crippen molar-refractivity contribution in [3.63, 3.8) is 0 Å². The molecule has 1 rings (SSSR count). The molecule has 0 saturated carbocycles. The molecule has 1 aliphatic heterocycles. The van der Waals surface area contributed by atoms with Gasteiger partial charge in [0.25, 0.3) is 0 Å². The number of carbonyl (C=O) groups excluding carboxylic acids is 3.